The Morgan fingerprint density at radius 3 is 2.48 bits per heavy atom. The Labute approximate surface area is 154 Å². The van der Waals surface area contributed by atoms with E-state index in [-0.39, 0.29) is 18.3 Å². The summed E-state index contributed by atoms with van der Waals surface area (Å²) in [5.41, 5.74) is 0.786. The highest BCUT2D eigenvalue weighted by atomic mass is 35.5. The molecule has 1 heterocycles. The Bertz CT molecular complexity index is 641. The number of benzene rings is 2. The molecule has 0 bridgehead atoms. The average Bonchev–Trinajstić information content (AvgIpc) is 2.86. The molecule has 0 radical (unpaired) electrons. The van der Waals surface area contributed by atoms with E-state index in [1.54, 1.807) is 0 Å². The van der Waals surface area contributed by atoms with E-state index in [2.05, 4.69) is 15.5 Å². The zero-order chi connectivity index (χ0) is 16.6. The molecule has 6 heteroatoms. The van der Waals surface area contributed by atoms with Crippen LogP contribution in [0.25, 0.3) is 0 Å². The number of hydrogen-bond acceptors (Lipinski definition) is 4. The summed E-state index contributed by atoms with van der Waals surface area (Å²) in [6.07, 6.45) is 1.08. The molecular formula is C19H24ClN3O2. The molecule has 2 N–H and O–H groups in total. The number of halogens is 1. The van der Waals surface area contributed by atoms with Crippen LogP contribution in [0.15, 0.2) is 54.6 Å². The van der Waals surface area contributed by atoms with Gasteiger partial charge in [-0.3, -0.25) is 9.69 Å². The Balaban J connectivity index is 0.00000225. The minimum Gasteiger partial charge on any atom is -0.457 e. The van der Waals surface area contributed by atoms with Crippen molar-refractivity contribution >= 4 is 24.0 Å². The van der Waals surface area contributed by atoms with E-state index in [9.17, 15) is 4.79 Å². The number of rotatable bonds is 5. The predicted octanol–water partition coefficient (Wildman–Crippen LogP) is 3.13. The number of para-hydroxylation sites is 1. The first kappa shape index (κ1) is 19.2. The molecule has 0 saturated carbocycles. The first-order valence-corrected chi connectivity index (χ1v) is 8.35. The molecule has 134 valence electrons. The third kappa shape index (κ3) is 6.38. The van der Waals surface area contributed by atoms with E-state index in [0.717, 1.165) is 49.8 Å². The number of nitrogens with one attached hydrogen (secondary N) is 2. The summed E-state index contributed by atoms with van der Waals surface area (Å²) in [4.78, 5) is 14.3. The lowest BCUT2D eigenvalue weighted by Crippen LogP contribution is -2.35. The Hall–Kier alpha value is -2.08. The standard InChI is InChI=1S/C19H23N3O2.ClH/c23-19(15-22-13-4-11-20-12-14-22)21-16-7-9-18(10-8-16)24-17-5-2-1-3-6-17;/h1-3,5-10,20H,4,11-15H2,(H,21,23);1H. The van der Waals surface area contributed by atoms with E-state index < -0.39 is 0 Å². The van der Waals surface area contributed by atoms with Gasteiger partial charge in [-0.05, 0) is 55.9 Å². The molecule has 3 rings (SSSR count). The van der Waals surface area contributed by atoms with Crippen molar-refractivity contribution in [3.05, 3.63) is 54.6 Å². The van der Waals surface area contributed by atoms with E-state index in [1.165, 1.54) is 0 Å². The van der Waals surface area contributed by atoms with Crippen LogP contribution in [0.5, 0.6) is 11.5 Å². The molecule has 0 atom stereocenters. The summed E-state index contributed by atoms with van der Waals surface area (Å²) in [7, 11) is 0. The van der Waals surface area contributed by atoms with Gasteiger partial charge in [0.15, 0.2) is 0 Å². The highest BCUT2D eigenvalue weighted by molar-refractivity contribution is 5.92. The number of nitrogens with zero attached hydrogens (tertiary/aromatic N) is 1. The molecule has 1 aliphatic rings. The second kappa shape index (κ2) is 10.0. The smallest absolute Gasteiger partial charge is 0.238 e. The molecule has 0 aliphatic carbocycles. The van der Waals surface area contributed by atoms with E-state index in [4.69, 9.17) is 4.74 Å². The van der Waals surface area contributed by atoms with Gasteiger partial charge in [-0.2, -0.15) is 0 Å². The van der Waals surface area contributed by atoms with E-state index in [0.29, 0.717) is 6.54 Å². The quantitative estimate of drug-likeness (QED) is 0.859. The van der Waals surface area contributed by atoms with Crippen LogP contribution in [0.3, 0.4) is 0 Å². The lowest BCUT2D eigenvalue weighted by Gasteiger charge is -2.18. The van der Waals surface area contributed by atoms with Crippen molar-refractivity contribution < 1.29 is 9.53 Å². The molecule has 0 unspecified atom stereocenters. The fraction of sp³-hybridized carbons (Fsp3) is 0.316. The normalized spacial score (nSPS) is 14.9. The van der Waals surface area contributed by atoms with Gasteiger partial charge in [-0.15, -0.1) is 12.4 Å². The van der Waals surface area contributed by atoms with Crippen LogP contribution in [0.1, 0.15) is 6.42 Å². The zero-order valence-electron chi connectivity index (χ0n) is 14.1. The Kier molecular flexibility index (Phi) is 7.73. The predicted molar refractivity (Wildman–Crippen MR) is 103 cm³/mol. The number of carbonyl (C=O) groups is 1. The van der Waals surface area contributed by atoms with Gasteiger partial charge in [0.05, 0.1) is 6.54 Å². The Morgan fingerprint density at radius 1 is 1.00 bits per heavy atom. The molecular weight excluding hydrogens is 338 g/mol. The van der Waals surface area contributed by atoms with Gasteiger partial charge in [0.25, 0.3) is 0 Å². The van der Waals surface area contributed by atoms with Crippen LogP contribution >= 0.6 is 12.4 Å². The van der Waals surface area contributed by atoms with Crippen molar-refractivity contribution in [2.45, 2.75) is 6.42 Å². The largest absolute Gasteiger partial charge is 0.457 e. The third-order valence-corrected chi connectivity index (χ3v) is 3.92. The van der Waals surface area contributed by atoms with Gasteiger partial charge in [0.2, 0.25) is 5.91 Å². The second-order valence-corrected chi connectivity index (χ2v) is 5.87. The van der Waals surface area contributed by atoms with Crippen molar-refractivity contribution in [3.8, 4) is 11.5 Å². The third-order valence-electron chi connectivity index (χ3n) is 3.92. The van der Waals surface area contributed by atoms with E-state index >= 15 is 0 Å². The lowest BCUT2D eigenvalue weighted by atomic mass is 10.3. The highest BCUT2D eigenvalue weighted by Crippen LogP contribution is 2.22. The number of hydrogen-bond donors (Lipinski definition) is 2. The lowest BCUT2D eigenvalue weighted by molar-refractivity contribution is -0.117. The summed E-state index contributed by atoms with van der Waals surface area (Å²) in [6, 6.07) is 17.1. The van der Waals surface area contributed by atoms with E-state index in [1.807, 2.05) is 54.6 Å². The fourth-order valence-corrected chi connectivity index (χ4v) is 2.69. The molecule has 0 aromatic heterocycles. The van der Waals surface area contributed by atoms with Gasteiger partial charge in [-0.25, -0.2) is 0 Å². The summed E-state index contributed by atoms with van der Waals surface area (Å²) in [5, 5.41) is 6.28. The summed E-state index contributed by atoms with van der Waals surface area (Å²) >= 11 is 0. The molecule has 1 aliphatic heterocycles. The van der Waals surface area contributed by atoms with Crippen LogP contribution in [0, 0.1) is 0 Å². The van der Waals surface area contributed by atoms with Gasteiger partial charge in [-0.1, -0.05) is 18.2 Å². The second-order valence-electron chi connectivity index (χ2n) is 5.87. The number of carbonyl (C=O) groups excluding carboxylic acids is 1. The van der Waals surface area contributed by atoms with Crippen molar-refractivity contribution in [2.24, 2.45) is 0 Å². The van der Waals surface area contributed by atoms with Crippen molar-refractivity contribution in [1.82, 2.24) is 10.2 Å². The van der Waals surface area contributed by atoms with Crippen LogP contribution in [0.4, 0.5) is 5.69 Å². The maximum atomic E-state index is 12.2. The molecule has 5 nitrogen and oxygen atoms in total. The first-order valence-electron chi connectivity index (χ1n) is 8.35. The zero-order valence-corrected chi connectivity index (χ0v) is 14.9. The van der Waals surface area contributed by atoms with Gasteiger partial charge >= 0.3 is 0 Å². The number of amides is 1. The SMILES string of the molecule is Cl.O=C(CN1CCCNCC1)Nc1ccc(Oc2ccccc2)cc1. The molecule has 2 aromatic carbocycles. The molecule has 1 saturated heterocycles. The molecule has 1 amide bonds. The number of ether oxygens (including phenoxy) is 1. The van der Waals surface area contributed by atoms with Crippen molar-refractivity contribution in [2.75, 3.05) is 38.0 Å². The van der Waals surface area contributed by atoms with Crippen LogP contribution in [-0.4, -0.2) is 43.5 Å². The van der Waals surface area contributed by atoms with Gasteiger partial charge in [0.1, 0.15) is 11.5 Å². The van der Waals surface area contributed by atoms with Crippen LogP contribution in [0.2, 0.25) is 0 Å². The minimum atomic E-state index is 0. The summed E-state index contributed by atoms with van der Waals surface area (Å²) < 4.78 is 5.75. The van der Waals surface area contributed by atoms with Gasteiger partial charge in [0, 0.05) is 18.8 Å². The fourth-order valence-electron chi connectivity index (χ4n) is 2.69. The summed E-state index contributed by atoms with van der Waals surface area (Å²) in [6.45, 7) is 4.28. The average molecular weight is 362 g/mol. The minimum absolute atomic E-state index is 0. The molecule has 0 spiro atoms. The van der Waals surface area contributed by atoms with Crippen molar-refractivity contribution in [3.63, 3.8) is 0 Å². The van der Waals surface area contributed by atoms with Gasteiger partial charge < -0.3 is 15.4 Å². The van der Waals surface area contributed by atoms with Crippen LogP contribution in [-0.2, 0) is 4.79 Å². The Morgan fingerprint density at radius 2 is 1.72 bits per heavy atom. The maximum absolute atomic E-state index is 12.2. The van der Waals surface area contributed by atoms with Crippen LogP contribution < -0.4 is 15.4 Å². The molecule has 2 aromatic rings. The van der Waals surface area contributed by atoms with Crippen molar-refractivity contribution in [1.29, 1.82) is 0 Å². The monoisotopic (exact) mass is 361 g/mol. The number of anilines is 1. The topological polar surface area (TPSA) is 53.6 Å². The molecule has 25 heavy (non-hydrogen) atoms. The maximum Gasteiger partial charge on any atom is 0.238 e. The molecule has 1 fully saturated rings. The highest BCUT2D eigenvalue weighted by Gasteiger charge is 2.12. The summed E-state index contributed by atoms with van der Waals surface area (Å²) in [5.74, 6) is 1.57. The first-order chi connectivity index (χ1) is 11.8.